The van der Waals surface area contributed by atoms with Crippen LogP contribution in [0.2, 0.25) is 0 Å². The van der Waals surface area contributed by atoms with E-state index >= 15 is 0 Å². The summed E-state index contributed by atoms with van der Waals surface area (Å²) in [5.41, 5.74) is 5.94. The van der Waals surface area contributed by atoms with E-state index in [1.807, 2.05) is 0 Å². The molecule has 0 saturated carbocycles. The second-order valence-corrected chi connectivity index (χ2v) is 5.37. The molecule has 0 aromatic heterocycles. The Hall–Kier alpha value is -0.470. The first-order valence-corrected chi connectivity index (χ1v) is 6.50. The van der Waals surface area contributed by atoms with Crippen LogP contribution >= 0.6 is 12.6 Å². The number of hydrogen-bond acceptors (Lipinski definition) is 2. The molecule has 0 N–H and O–H groups in total. The summed E-state index contributed by atoms with van der Waals surface area (Å²) in [4.78, 5) is 0. The van der Waals surface area contributed by atoms with Gasteiger partial charge in [0.25, 0.3) is 0 Å². The summed E-state index contributed by atoms with van der Waals surface area (Å²) in [7, 11) is 0. The average Bonchev–Trinajstić information content (AvgIpc) is 2.21. The van der Waals surface area contributed by atoms with Gasteiger partial charge in [-0.05, 0) is 55.2 Å². The number of rotatable bonds is 3. The van der Waals surface area contributed by atoms with E-state index in [1.54, 1.807) is 0 Å². The van der Waals surface area contributed by atoms with E-state index in [0.717, 1.165) is 25.4 Å². The summed E-state index contributed by atoms with van der Waals surface area (Å²) < 4.78 is 5.44. The van der Waals surface area contributed by atoms with Crippen molar-refractivity contribution >= 4 is 12.6 Å². The minimum Gasteiger partial charge on any atom is -0.379 e. The zero-order valence-corrected chi connectivity index (χ0v) is 11.2. The normalized spacial score (nSPS) is 18.2. The van der Waals surface area contributed by atoms with Gasteiger partial charge < -0.3 is 4.74 Å². The molecule has 1 nitrogen and oxygen atoms in total. The third-order valence-electron chi connectivity index (χ3n) is 3.98. The fourth-order valence-corrected chi connectivity index (χ4v) is 2.96. The zero-order chi connectivity index (χ0) is 11.8. The van der Waals surface area contributed by atoms with E-state index in [9.17, 15) is 0 Å². The average molecular weight is 236 g/mol. The predicted molar refractivity (Wildman–Crippen MR) is 71.6 cm³/mol. The monoisotopic (exact) mass is 236 g/mol. The maximum absolute atomic E-state index is 5.44. The van der Waals surface area contributed by atoms with Crippen LogP contribution in [-0.2, 0) is 10.2 Å². The van der Waals surface area contributed by atoms with Crippen LogP contribution in [0, 0.1) is 20.8 Å². The van der Waals surface area contributed by atoms with Crippen LogP contribution in [0.5, 0.6) is 0 Å². The van der Waals surface area contributed by atoms with E-state index in [2.05, 4.69) is 45.5 Å². The lowest BCUT2D eigenvalue weighted by Gasteiger charge is -2.43. The van der Waals surface area contributed by atoms with Crippen molar-refractivity contribution in [1.82, 2.24) is 0 Å². The van der Waals surface area contributed by atoms with Crippen molar-refractivity contribution in [3.63, 3.8) is 0 Å². The lowest BCUT2D eigenvalue weighted by atomic mass is 9.73. The molecular formula is C14H20OS. The van der Waals surface area contributed by atoms with Gasteiger partial charge in [-0.15, -0.1) is 0 Å². The van der Waals surface area contributed by atoms with Crippen molar-refractivity contribution < 1.29 is 4.74 Å². The Kier molecular flexibility index (Phi) is 3.32. The number of ether oxygens (including phenoxy) is 1. The summed E-state index contributed by atoms with van der Waals surface area (Å²) >= 11 is 4.38. The quantitative estimate of drug-likeness (QED) is 0.793. The molecule has 0 atom stereocenters. The van der Waals surface area contributed by atoms with Crippen LogP contribution in [0.3, 0.4) is 0 Å². The van der Waals surface area contributed by atoms with Crippen LogP contribution in [0.15, 0.2) is 12.1 Å². The number of hydrogen-bond donors (Lipinski definition) is 1. The number of benzene rings is 1. The third kappa shape index (κ3) is 1.78. The third-order valence-corrected chi connectivity index (χ3v) is 4.20. The van der Waals surface area contributed by atoms with Crippen molar-refractivity contribution in [2.24, 2.45) is 0 Å². The Labute approximate surface area is 104 Å². The van der Waals surface area contributed by atoms with Crippen LogP contribution in [0.25, 0.3) is 0 Å². The van der Waals surface area contributed by atoms with Gasteiger partial charge in [0.2, 0.25) is 0 Å². The first-order chi connectivity index (χ1) is 7.60. The molecule has 1 saturated heterocycles. The highest BCUT2D eigenvalue weighted by Crippen LogP contribution is 2.39. The predicted octanol–water partition coefficient (Wildman–Crippen LogP) is 3.20. The molecule has 0 radical (unpaired) electrons. The maximum atomic E-state index is 5.44. The van der Waals surface area contributed by atoms with E-state index in [1.165, 1.54) is 22.3 Å². The van der Waals surface area contributed by atoms with Gasteiger partial charge in [-0.1, -0.05) is 12.1 Å². The van der Waals surface area contributed by atoms with Crippen molar-refractivity contribution in [2.45, 2.75) is 32.6 Å². The maximum Gasteiger partial charge on any atom is 0.0586 e. The first kappa shape index (κ1) is 12.0. The lowest BCUT2D eigenvalue weighted by molar-refractivity contribution is -0.0617. The molecule has 1 aliphatic heterocycles. The van der Waals surface area contributed by atoms with E-state index in [-0.39, 0.29) is 5.41 Å². The van der Waals surface area contributed by atoms with Gasteiger partial charge >= 0.3 is 0 Å². The Morgan fingerprint density at radius 3 is 2.38 bits per heavy atom. The lowest BCUT2D eigenvalue weighted by Crippen LogP contribution is -2.47. The summed E-state index contributed by atoms with van der Waals surface area (Å²) in [5, 5.41) is 0. The van der Waals surface area contributed by atoms with Crippen molar-refractivity contribution in [2.75, 3.05) is 19.0 Å². The summed E-state index contributed by atoms with van der Waals surface area (Å²) in [6.45, 7) is 8.33. The molecule has 0 amide bonds. The van der Waals surface area contributed by atoms with Crippen molar-refractivity contribution in [3.05, 3.63) is 34.4 Å². The zero-order valence-electron chi connectivity index (χ0n) is 10.3. The topological polar surface area (TPSA) is 9.23 Å². The van der Waals surface area contributed by atoms with Gasteiger partial charge in [-0.3, -0.25) is 0 Å². The van der Waals surface area contributed by atoms with Gasteiger partial charge in [-0.25, -0.2) is 0 Å². The molecule has 0 spiro atoms. The molecule has 1 aromatic rings. The Bertz CT molecular complexity index is 394. The molecule has 16 heavy (non-hydrogen) atoms. The molecule has 1 fully saturated rings. The molecule has 2 heteroatoms. The van der Waals surface area contributed by atoms with E-state index < -0.39 is 0 Å². The molecule has 1 heterocycles. The Balaban J connectivity index is 2.43. The van der Waals surface area contributed by atoms with E-state index in [4.69, 9.17) is 4.74 Å². The highest BCUT2D eigenvalue weighted by Gasteiger charge is 2.40. The highest BCUT2D eigenvalue weighted by molar-refractivity contribution is 7.80. The van der Waals surface area contributed by atoms with Gasteiger partial charge in [-0.2, -0.15) is 12.6 Å². The number of aryl methyl sites for hydroxylation is 1. The van der Waals surface area contributed by atoms with Crippen LogP contribution < -0.4 is 0 Å². The van der Waals surface area contributed by atoms with Crippen LogP contribution in [0.4, 0.5) is 0 Å². The minimum absolute atomic E-state index is 0.240. The molecule has 0 bridgehead atoms. The second kappa shape index (κ2) is 4.42. The molecular weight excluding hydrogens is 216 g/mol. The summed E-state index contributed by atoms with van der Waals surface area (Å²) in [6, 6.07) is 4.51. The summed E-state index contributed by atoms with van der Waals surface area (Å²) in [5.74, 6) is 0.926. The molecule has 2 rings (SSSR count). The van der Waals surface area contributed by atoms with Gasteiger partial charge in [0.15, 0.2) is 0 Å². The van der Waals surface area contributed by atoms with Crippen molar-refractivity contribution in [3.8, 4) is 0 Å². The highest BCUT2D eigenvalue weighted by atomic mass is 32.1. The smallest absolute Gasteiger partial charge is 0.0586 e. The fourth-order valence-electron chi connectivity index (χ4n) is 2.53. The number of thiol groups is 1. The Morgan fingerprint density at radius 1 is 1.19 bits per heavy atom. The summed E-state index contributed by atoms with van der Waals surface area (Å²) in [6.07, 6.45) is 1.11. The van der Waals surface area contributed by atoms with Crippen LogP contribution in [-0.4, -0.2) is 19.0 Å². The van der Waals surface area contributed by atoms with Gasteiger partial charge in [0.1, 0.15) is 0 Å². The Morgan fingerprint density at radius 2 is 1.88 bits per heavy atom. The van der Waals surface area contributed by atoms with Crippen LogP contribution in [0.1, 0.15) is 28.7 Å². The first-order valence-electron chi connectivity index (χ1n) is 5.86. The second-order valence-electron chi connectivity index (χ2n) is 4.93. The molecule has 1 aromatic carbocycles. The van der Waals surface area contributed by atoms with Crippen molar-refractivity contribution in [1.29, 1.82) is 0 Å². The van der Waals surface area contributed by atoms with Gasteiger partial charge in [0, 0.05) is 5.41 Å². The molecule has 0 unspecified atom stereocenters. The van der Waals surface area contributed by atoms with E-state index in [0.29, 0.717) is 0 Å². The molecule has 1 aliphatic rings. The fraction of sp³-hybridized carbons (Fsp3) is 0.571. The molecule has 88 valence electrons. The molecule has 0 aliphatic carbocycles. The SMILES string of the molecule is Cc1ccc(C2(CCS)COC2)c(C)c1C. The minimum atomic E-state index is 0.240. The van der Waals surface area contributed by atoms with Gasteiger partial charge in [0.05, 0.1) is 13.2 Å². The standard InChI is InChI=1S/C14H20OS/c1-10-4-5-13(12(3)11(10)2)14(6-7-16)8-15-9-14/h4-5,16H,6-9H2,1-3H3. The largest absolute Gasteiger partial charge is 0.379 e.